The topological polar surface area (TPSA) is 4.93 Å². The van der Waals surface area contributed by atoms with E-state index in [4.69, 9.17) is 0 Å². The van der Waals surface area contributed by atoms with E-state index < -0.39 is 0 Å². The summed E-state index contributed by atoms with van der Waals surface area (Å²) in [5.74, 6) is 3.58. The average Bonchev–Trinajstić information content (AvgIpc) is 3.18. The maximum atomic E-state index is 2.66. The number of hydrogen-bond donors (Lipinski definition) is 0. The van der Waals surface area contributed by atoms with Gasteiger partial charge in [-0.3, -0.25) is 0 Å². The number of para-hydroxylation sites is 1. The predicted molar refractivity (Wildman–Crippen MR) is 137 cm³/mol. The summed E-state index contributed by atoms with van der Waals surface area (Å²) in [6.45, 7) is 4.63. The molecule has 0 unspecified atom stereocenters. The lowest BCUT2D eigenvalue weighted by molar-refractivity contribution is -0.0419. The summed E-state index contributed by atoms with van der Waals surface area (Å²) in [7, 11) is 0. The fourth-order valence-electron chi connectivity index (χ4n) is 9.21. The Morgan fingerprint density at radius 1 is 0.727 bits per heavy atom. The van der Waals surface area contributed by atoms with Gasteiger partial charge in [-0.25, -0.2) is 0 Å². The van der Waals surface area contributed by atoms with Crippen molar-refractivity contribution < 1.29 is 0 Å². The van der Waals surface area contributed by atoms with Gasteiger partial charge < -0.3 is 4.57 Å². The Hall–Kier alpha value is -2.54. The number of nitrogens with zero attached hydrogens (tertiary/aromatic N) is 1. The first-order valence-electron chi connectivity index (χ1n) is 13.4. The predicted octanol–water partition coefficient (Wildman–Crippen LogP) is 7.96. The van der Waals surface area contributed by atoms with E-state index in [2.05, 4.69) is 73.0 Å². The van der Waals surface area contributed by atoms with Gasteiger partial charge in [-0.15, -0.1) is 0 Å². The molecule has 0 N–H and O–H groups in total. The molecule has 4 fully saturated rings. The van der Waals surface area contributed by atoms with E-state index >= 15 is 0 Å². The number of aromatic nitrogens is 1. The van der Waals surface area contributed by atoms with Crippen molar-refractivity contribution >= 4 is 21.8 Å². The van der Waals surface area contributed by atoms with Crippen LogP contribution in [0.1, 0.15) is 68.2 Å². The standard InChI is InChI=1S/C32H33N/c1-3-19-9-10-27-30(18-19)33-29-8-6-5-7-25(29)26-16-20(4-2)17-28(31(26)33)32(27)23-12-21-11-22(14-23)15-24(32)13-21/h5-10,16-18,21-24H,3-4,11-15H2,1-2H3. The minimum atomic E-state index is 0.211. The second kappa shape index (κ2) is 6.32. The quantitative estimate of drug-likeness (QED) is 0.303. The Morgan fingerprint density at radius 2 is 1.45 bits per heavy atom. The van der Waals surface area contributed by atoms with Gasteiger partial charge in [0.15, 0.2) is 0 Å². The van der Waals surface area contributed by atoms with Crippen LogP contribution in [0.3, 0.4) is 0 Å². The molecule has 3 aromatic carbocycles. The van der Waals surface area contributed by atoms with Crippen molar-refractivity contribution in [2.75, 3.05) is 0 Å². The lowest BCUT2D eigenvalue weighted by Gasteiger charge is -2.63. The lowest BCUT2D eigenvalue weighted by atomic mass is 9.41. The molecule has 0 amide bonds. The molecule has 1 aromatic heterocycles. The minimum Gasteiger partial charge on any atom is -0.309 e. The average molecular weight is 432 g/mol. The highest BCUT2D eigenvalue weighted by atomic mass is 15.0. The Morgan fingerprint density at radius 3 is 2.18 bits per heavy atom. The number of aryl methyl sites for hydroxylation is 2. The van der Waals surface area contributed by atoms with Crippen LogP contribution in [0, 0.1) is 23.7 Å². The van der Waals surface area contributed by atoms with Gasteiger partial charge in [0.05, 0.1) is 16.7 Å². The third-order valence-corrected chi connectivity index (χ3v) is 10.3. The summed E-state index contributed by atoms with van der Waals surface area (Å²) in [6, 6.07) is 21.9. The first-order valence-corrected chi connectivity index (χ1v) is 13.4. The fraction of sp³-hybridized carbons (Fsp3) is 0.438. The van der Waals surface area contributed by atoms with Gasteiger partial charge in [0.25, 0.3) is 0 Å². The van der Waals surface area contributed by atoms with Gasteiger partial charge in [-0.1, -0.05) is 50.2 Å². The van der Waals surface area contributed by atoms with Gasteiger partial charge >= 0.3 is 0 Å². The first-order chi connectivity index (χ1) is 16.2. The van der Waals surface area contributed by atoms with E-state index in [-0.39, 0.29) is 5.41 Å². The smallest absolute Gasteiger partial charge is 0.0582 e. The fourth-order valence-corrected chi connectivity index (χ4v) is 9.21. The van der Waals surface area contributed by atoms with Crippen molar-refractivity contribution in [1.82, 2.24) is 4.57 Å². The second-order valence-corrected chi connectivity index (χ2v) is 11.6. The van der Waals surface area contributed by atoms with Crippen molar-refractivity contribution in [3.8, 4) is 5.69 Å². The van der Waals surface area contributed by atoms with Crippen LogP contribution in [-0.2, 0) is 18.3 Å². The summed E-state index contributed by atoms with van der Waals surface area (Å²) in [6.07, 6.45) is 9.50. The van der Waals surface area contributed by atoms with Gasteiger partial charge in [-0.2, -0.15) is 0 Å². The van der Waals surface area contributed by atoms with E-state index in [1.165, 1.54) is 70.7 Å². The lowest BCUT2D eigenvalue weighted by Crippen LogP contribution is -2.57. The van der Waals surface area contributed by atoms with E-state index in [0.29, 0.717) is 0 Å². The normalized spacial score (nSPS) is 31.1. The highest BCUT2D eigenvalue weighted by molar-refractivity contribution is 6.12. The van der Waals surface area contributed by atoms with Crippen LogP contribution in [-0.4, -0.2) is 4.57 Å². The summed E-state index contributed by atoms with van der Waals surface area (Å²) in [4.78, 5) is 0. The highest BCUT2D eigenvalue weighted by Crippen LogP contribution is 2.68. The number of fused-ring (bicyclic) bond motifs is 5. The molecule has 0 saturated heterocycles. The van der Waals surface area contributed by atoms with Crippen LogP contribution in [0.25, 0.3) is 27.5 Å². The second-order valence-electron chi connectivity index (χ2n) is 11.6. The summed E-state index contributed by atoms with van der Waals surface area (Å²) in [5.41, 5.74) is 10.9. The Labute approximate surface area is 196 Å². The van der Waals surface area contributed by atoms with Crippen molar-refractivity contribution in [2.45, 2.75) is 64.2 Å². The molecule has 166 valence electrons. The maximum absolute atomic E-state index is 2.66. The molecule has 1 heteroatoms. The van der Waals surface area contributed by atoms with Crippen LogP contribution in [0.2, 0.25) is 0 Å². The first kappa shape index (κ1) is 18.8. The zero-order chi connectivity index (χ0) is 21.9. The van der Waals surface area contributed by atoms with E-state index in [0.717, 1.165) is 36.5 Å². The summed E-state index contributed by atoms with van der Waals surface area (Å²) in [5, 5.41) is 2.92. The molecule has 1 aliphatic heterocycles. The van der Waals surface area contributed by atoms with Crippen molar-refractivity contribution in [3.05, 3.63) is 76.9 Å². The molecular weight excluding hydrogens is 398 g/mol. The molecule has 4 aromatic rings. The summed E-state index contributed by atoms with van der Waals surface area (Å²) >= 11 is 0. The molecule has 4 saturated carbocycles. The molecule has 5 aliphatic rings. The Bertz CT molecular complexity index is 1420. The zero-order valence-electron chi connectivity index (χ0n) is 19.9. The van der Waals surface area contributed by atoms with Crippen molar-refractivity contribution in [3.63, 3.8) is 0 Å². The molecule has 4 bridgehead atoms. The molecule has 0 radical (unpaired) electrons. The number of hydrogen-bond acceptors (Lipinski definition) is 0. The van der Waals surface area contributed by atoms with Crippen molar-refractivity contribution in [1.29, 1.82) is 0 Å². The molecule has 33 heavy (non-hydrogen) atoms. The van der Waals surface area contributed by atoms with E-state index in [1.807, 2.05) is 0 Å². The largest absolute Gasteiger partial charge is 0.309 e. The third-order valence-electron chi connectivity index (χ3n) is 10.3. The highest BCUT2D eigenvalue weighted by Gasteiger charge is 2.61. The molecule has 1 nitrogen and oxygen atoms in total. The monoisotopic (exact) mass is 431 g/mol. The molecule has 1 spiro atoms. The Balaban J connectivity index is 1.59. The minimum absolute atomic E-state index is 0.211. The number of benzene rings is 3. The van der Waals surface area contributed by atoms with Gasteiger partial charge in [0, 0.05) is 16.2 Å². The van der Waals surface area contributed by atoms with E-state index in [1.54, 1.807) is 11.1 Å². The van der Waals surface area contributed by atoms with Gasteiger partial charge in [0.2, 0.25) is 0 Å². The van der Waals surface area contributed by atoms with Crippen molar-refractivity contribution in [2.24, 2.45) is 23.7 Å². The molecular formula is C32H33N. The van der Waals surface area contributed by atoms with Gasteiger partial charge in [0.1, 0.15) is 0 Å². The molecule has 4 aliphatic carbocycles. The van der Waals surface area contributed by atoms with Gasteiger partial charge in [-0.05, 0) is 109 Å². The maximum Gasteiger partial charge on any atom is 0.0582 e. The number of rotatable bonds is 2. The Kier molecular flexibility index (Phi) is 3.61. The zero-order valence-corrected chi connectivity index (χ0v) is 19.9. The molecule has 0 atom stereocenters. The summed E-state index contributed by atoms with van der Waals surface area (Å²) < 4.78 is 2.66. The van der Waals surface area contributed by atoms with Crippen LogP contribution in [0.15, 0.2) is 54.6 Å². The van der Waals surface area contributed by atoms with Crippen LogP contribution < -0.4 is 0 Å². The molecule has 9 rings (SSSR count). The van der Waals surface area contributed by atoms with Crippen LogP contribution >= 0.6 is 0 Å². The molecule has 2 heterocycles. The van der Waals surface area contributed by atoms with Crippen LogP contribution in [0.4, 0.5) is 0 Å². The van der Waals surface area contributed by atoms with E-state index in [9.17, 15) is 0 Å². The third kappa shape index (κ3) is 2.16. The SMILES string of the molecule is CCc1ccc2c(c1)-n1c3ccccc3c3cc(CC)cc(c31)C21C2CC3CC(C2)CC1C3. The van der Waals surface area contributed by atoms with Crippen LogP contribution in [0.5, 0.6) is 0 Å².